The van der Waals surface area contributed by atoms with E-state index in [1.54, 1.807) is 30.3 Å². The largest absolute Gasteiger partial charge is 0.329 e. The van der Waals surface area contributed by atoms with Crippen molar-refractivity contribution in [3.05, 3.63) is 35.9 Å². The first-order valence-corrected chi connectivity index (χ1v) is 10.4. The highest BCUT2D eigenvalue weighted by molar-refractivity contribution is 9.70. The number of rotatable bonds is 4. The summed E-state index contributed by atoms with van der Waals surface area (Å²) in [5, 5.41) is -0.940. The summed E-state index contributed by atoms with van der Waals surface area (Å²) in [6.45, 7) is 0. The van der Waals surface area contributed by atoms with Gasteiger partial charge in [0.1, 0.15) is 0 Å². The standard InChI is InChI=1S/C8H6Br3O3P/c9-8(14-15(10,11)13)7(12)6-4-2-1-3-5-6/h1-5,8H. The summed E-state index contributed by atoms with van der Waals surface area (Å²) in [7, 11) is 0. The summed E-state index contributed by atoms with van der Waals surface area (Å²) < 4.78 is 13.1. The lowest BCUT2D eigenvalue weighted by Gasteiger charge is -2.10. The Balaban J connectivity index is 2.74. The summed E-state index contributed by atoms with van der Waals surface area (Å²) in [5.74, 6) is -0.283. The Labute approximate surface area is 112 Å². The molecule has 0 N–H and O–H groups in total. The molecule has 1 aromatic rings. The number of ketones is 1. The second-order valence-corrected chi connectivity index (χ2v) is 12.9. The Morgan fingerprint density at radius 3 is 2.27 bits per heavy atom. The third kappa shape index (κ3) is 4.91. The van der Waals surface area contributed by atoms with Crippen LogP contribution in [0.25, 0.3) is 0 Å². The molecule has 82 valence electrons. The van der Waals surface area contributed by atoms with Crippen LogP contribution in [-0.4, -0.2) is 10.8 Å². The van der Waals surface area contributed by atoms with Crippen molar-refractivity contribution in [3.63, 3.8) is 0 Å². The Kier molecular flexibility index (Phi) is 5.19. The molecule has 0 heterocycles. The first-order chi connectivity index (χ1) is 6.90. The minimum atomic E-state index is -3.04. The molecule has 3 nitrogen and oxygen atoms in total. The van der Waals surface area contributed by atoms with Gasteiger partial charge in [-0.1, -0.05) is 30.3 Å². The molecule has 0 saturated heterocycles. The SMILES string of the molecule is O=C(c1ccccc1)C(Br)OP(=O)(Br)Br. The molecule has 1 rings (SSSR count). The topological polar surface area (TPSA) is 43.4 Å². The van der Waals surface area contributed by atoms with Gasteiger partial charge < -0.3 is 0 Å². The van der Waals surface area contributed by atoms with Crippen LogP contribution in [0.15, 0.2) is 30.3 Å². The maximum atomic E-state index is 11.7. The van der Waals surface area contributed by atoms with Crippen molar-refractivity contribution in [2.75, 3.05) is 0 Å². The Morgan fingerprint density at radius 2 is 1.80 bits per heavy atom. The van der Waals surface area contributed by atoms with E-state index < -0.39 is 9.79 Å². The van der Waals surface area contributed by atoms with Crippen molar-refractivity contribution in [2.45, 2.75) is 5.01 Å². The summed E-state index contributed by atoms with van der Waals surface area (Å²) in [6.07, 6.45) is 0. The molecule has 0 amide bonds. The molecule has 1 unspecified atom stereocenters. The fourth-order valence-corrected chi connectivity index (χ4v) is 4.52. The van der Waals surface area contributed by atoms with Crippen LogP contribution in [0.5, 0.6) is 0 Å². The van der Waals surface area contributed by atoms with Gasteiger partial charge in [-0.2, -0.15) is 0 Å². The van der Waals surface area contributed by atoms with E-state index in [4.69, 9.17) is 4.52 Å². The van der Waals surface area contributed by atoms with E-state index in [2.05, 4.69) is 46.9 Å². The molecule has 0 radical (unpaired) electrons. The number of hydrogen-bond acceptors (Lipinski definition) is 3. The van der Waals surface area contributed by atoms with Gasteiger partial charge >= 0.3 is 4.77 Å². The molecule has 0 fully saturated rings. The monoisotopic (exact) mass is 418 g/mol. The molecule has 1 aromatic carbocycles. The van der Waals surface area contributed by atoms with Crippen molar-refractivity contribution in [3.8, 4) is 0 Å². The Bertz CT molecular complexity index is 389. The maximum absolute atomic E-state index is 11.7. The second kappa shape index (κ2) is 5.73. The van der Waals surface area contributed by atoms with Gasteiger partial charge in [-0.15, -0.1) is 0 Å². The summed E-state index contributed by atoms with van der Waals surface area (Å²) in [4.78, 5) is 11.7. The van der Waals surface area contributed by atoms with E-state index in [9.17, 15) is 9.36 Å². The highest BCUT2D eigenvalue weighted by Gasteiger charge is 2.25. The molecule has 0 bridgehead atoms. The van der Waals surface area contributed by atoms with Crippen LogP contribution in [0, 0.1) is 0 Å². The zero-order valence-electron chi connectivity index (χ0n) is 7.27. The lowest BCUT2D eigenvalue weighted by Crippen LogP contribution is -2.15. The van der Waals surface area contributed by atoms with Gasteiger partial charge in [0, 0.05) is 36.5 Å². The number of halogens is 3. The number of Topliss-reactive ketones (excluding diaryl/α,β-unsaturated/α-hetero) is 1. The van der Waals surface area contributed by atoms with E-state index >= 15 is 0 Å². The highest BCUT2D eigenvalue weighted by atomic mass is 79.9. The van der Waals surface area contributed by atoms with Gasteiger partial charge in [0.05, 0.1) is 0 Å². The smallest absolute Gasteiger partial charge is 0.290 e. The lowest BCUT2D eigenvalue weighted by atomic mass is 10.1. The van der Waals surface area contributed by atoms with E-state index in [0.717, 1.165) is 0 Å². The molecule has 0 aliphatic rings. The third-order valence-electron chi connectivity index (χ3n) is 1.48. The highest BCUT2D eigenvalue weighted by Crippen LogP contribution is 2.63. The van der Waals surface area contributed by atoms with Crippen molar-refractivity contribution >= 4 is 57.5 Å². The van der Waals surface area contributed by atoms with E-state index in [1.165, 1.54) is 0 Å². The van der Waals surface area contributed by atoms with Gasteiger partial charge in [0.25, 0.3) is 0 Å². The number of carbonyl (C=O) groups is 1. The Hall–Kier alpha value is 0.520. The molecule has 0 aromatic heterocycles. The first kappa shape index (κ1) is 13.6. The van der Waals surface area contributed by atoms with E-state index in [-0.39, 0.29) is 5.78 Å². The van der Waals surface area contributed by atoms with Crippen molar-refractivity contribution in [1.29, 1.82) is 0 Å². The second-order valence-electron chi connectivity index (χ2n) is 2.57. The summed E-state index contributed by atoms with van der Waals surface area (Å²) in [5.41, 5.74) is 0.493. The van der Waals surface area contributed by atoms with Crippen LogP contribution in [0.4, 0.5) is 0 Å². The molecule has 1 atom stereocenters. The first-order valence-electron chi connectivity index (χ1n) is 3.81. The molecule has 7 heteroatoms. The van der Waals surface area contributed by atoms with Crippen LogP contribution in [-0.2, 0) is 9.09 Å². The van der Waals surface area contributed by atoms with Crippen LogP contribution in [0.1, 0.15) is 10.4 Å². The van der Waals surface area contributed by atoms with E-state index in [1.807, 2.05) is 0 Å². The predicted molar refractivity (Wildman–Crippen MR) is 70.0 cm³/mol. The van der Waals surface area contributed by atoms with Gasteiger partial charge in [0.15, 0.2) is 5.01 Å². The van der Waals surface area contributed by atoms with Crippen LogP contribution in [0.3, 0.4) is 0 Å². The predicted octanol–water partition coefficient (Wildman–Crippen LogP) is 4.50. The van der Waals surface area contributed by atoms with E-state index in [0.29, 0.717) is 5.56 Å². The van der Waals surface area contributed by atoms with Crippen LogP contribution >= 0.6 is 51.7 Å². The lowest BCUT2D eigenvalue weighted by molar-refractivity contribution is 0.0905. The summed E-state index contributed by atoms with van der Waals surface area (Å²) in [6, 6.07) is 8.62. The normalized spacial score (nSPS) is 13.5. The molecule has 0 aliphatic carbocycles. The van der Waals surface area contributed by atoms with Gasteiger partial charge in [-0.05, 0) is 15.9 Å². The molecule has 0 aliphatic heterocycles. The maximum Gasteiger partial charge on any atom is 0.329 e. The molecule has 0 spiro atoms. The van der Waals surface area contributed by atoms with Gasteiger partial charge in [-0.25, -0.2) is 0 Å². The van der Waals surface area contributed by atoms with Crippen LogP contribution < -0.4 is 0 Å². The molecular weight excluding hydrogens is 415 g/mol. The van der Waals surface area contributed by atoms with Gasteiger partial charge in [0.2, 0.25) is 5.78 Å². The molecular formula is C8H6Br3O3P. The van der Waals surface area contributed by atoms with Gasteiger partial charge in [-0.3, -0.25) is 13.9 Å². The average molecular weight is 421 g/mol. The van der Waals surface area contributed by atoms with Crippen molar-refractivity contribution < 1.29 is 13.9 Å². The molecule has 15 heavy (non-hydrogen) atoms. The number of alkyl halides is 1. The Morgan fingerprint density at radius 1 is 1.27 bits per heavy atom. The zero-order valence-corrected chi connectivity index (χ0v) is 12.9. The molecule has 0 saturated carbocycles. The van der Waals surface area contributed by atoms with Crippen LogP contribution in [0.2, 0.25) is 0 Å². The number of hydrogen-bond donors (Lipinski definition) is 0. The average Bonchev–Trinajstić information content (AvgIpc) is 2.15. The number of carbonyl (C=O) groups excluding carboxylic acids is 1. The minimum Gasteiger partial charge on any atom is -0.290 e. The summed E-state index contributed by atoms with van der Waals surface area (Å²) >= 11 is 8.59. The number of benzene rings is 1. The quantitative estimate of drug-likeness (QED) is 0.409. The fraction of sp³-hybridized carbons (Fsp3) is 0.125. The fourth-order valence-electron chi connectivity index (χ4n) is 0.889. The van der Waals surface area contributed by atoms with Crippen molar-refractivity contribution in [1.82, 2.24) is 0 Å². The minimum absolute atomic E-state index is 0.283. The third-order valence-corrected chi connectivity index (χ3v) is 3.83. The zero-order chi connectivity index (χ0) is 11.5. The van der Waals surface area contributed by atoms with Crippen molar-refractivity contribution in [2.24, 2.45) is 0 Å².